The molecule has 0 aliphatic carbocycles. The molecule has 0 spiro atoms. The monoisotopic (exact) mass is 411 g/mol. The summed E-state index contributed by atoms with van der Waals surface area (Å²) in [6.07, 6.45) is 0.542. The summed E-state index contributed by atoms with van der Waals surface area (Å²) in [5.41, 5.74) is 2.49. The highest BCUT2D eigenvalue weighted by Crippen LogP contribution is 2.39. The van der Waals surface area contributed by atoms with Gasteiger partial charge in [0.15, 0.2) is 11.5 Å². The zero-order valence-corrected chi connectivity index (χ0v) is 16.4. The quantitative estimate of drug-likeness (QED) is 0.774. The molecule has 3 heterocycles. The van der Waals surface area contributed by atoms with Crippen LogP contribution >= 0.6 is 0 Å². The average Bonchev–Trinajstić information content (AvgIpc) is 3.42. The number of carbonyl (C=O) groups is 1. The normalized spacial score (nSPS) is 21.0. The maximum Gasteiger partial charge on any atom is 0.257 e. The maximum atomic E-state index is 13.4. The first-order chi connectivity index (χ1) is 14.7. The fraction of sp³-hybridized carbons (Fsp3) is 0.364. The van der Waals surface area contributed by atoms with Crippen molar-refractivity contribution >= 4 is 11.6 Å². The van der Waals surface area contributed by atoms with Crippen LogP contribution in [0.4, 0.5) is 4.39 Å². The highest BCUT2D eigenvalue weighted by Gasteiger charge is 2.34. The van der Waals surface area contributed by atoms with E-state index in [9.17, 15) is 9.18 Å². The topological polar surface area (TPSA) is 63.6 Å². The van der Waals surface area contributed by atoms with Crippen LogP contribution < -0.4 is 9.47 Å². The summed E-state index contributed by atoms with van der Waals surface area (Å²) in [4.78, 5) is 15.3. The smallest absolute Gasteiger partial charge is 0.257 e. The van der Waals surface area contributed by atoms with E-state index < -0.39 is 0 Å². The van der Waals surface area contributed by atoms with Gasteiger partial charge in [0.05, 0.1) is 31.5 Å². The second-order valence-corrected chi connectivity index (χ2v) is 7.51. The van der Waals surface area contributed by atoms with Gasteiger partial charge in [-0.3, -0.25) is 9.69 Å². The van der Waals surface area contributed by atoms with Gasteiger partial charge >= 0.3 is 0 Å². The van der Waals surface area contributed by atoms with E-state index in [0.29, 0.717) is 31.1 Å². The van der Waals surface area contributed by atoms with Crippen molar-refractivity contribution in [2.24, 2.45) is 5.10 Å². The van der Waals surface area contributed by atoms with Crippen LogP contribution in [0.2, 0.25) is 0 Å². The highest BCUT2D eigenvalue weighted by atomic mass is 19.1. The van der Waals surface area contributed by atoms with Gasteiger partial charge in [-0.1, -0.05) is 18.2 Å². The van der Waals surface area contributed by atoms with Crippen LogP contribution in [0.5, 0.6) is 11.5 Å². The Bertz CT molecular complexity index is 973. The molecule has 1 saturated heterocycles. The first kappa shape index (κ1) is 19.0. The van der Waals surface area contributed by atoms with E-state index in [1.165, 1.54) is 12.1 Å². The largest absolute Gasteiger partial charge is 0.454 e. The number of amides is 1. The second-order valence-electron chi connectivity index (χ2n) is 7.51. The van der Waals surface area contributed by atoms with Crippen molar-refractivity contribution < 1.29 is 23.4 Å². The van der Waals surface area contributed by atoms with Crippen molar-refractivity contribution in [1.82, 2.24) is 9.91 Å². The standard InChI is InChI=1S/C22H22FN3O4/c23-17-4-1-15(2-5-17)18-12-19(16-3-6-20-21(11-16)30-14-29-20)26(24-18)22(27)13-25-7-9-28-10-8-25/h1-6,11,19H,7-10,12-14H2. The lowest BCUT2D eigenvalue weighted by Gasteiger charge is -2.29. The number of benzene rings is 2. The van der Waals surface area contributed by atoms with E-state index in [1.54, 1.807) is 17.1 Å². The Morgan fingerprint density at radius 3 is 2.63 bits per heavy atom. The average molecular weight is 411 g/mol. The molecular weight excluding hydrogens is 389 g/mol. The molecule has 3 aliphatic heterocycles. The predicted octanol–water partition coefficient (Wildman–Crippen LogP) is 2.56. The zero-order chi connectivity index (χ0) is 20.5. The third kappa shape index (κ3) is 3.76. The van der Waals surface area contributed by atoms with Gasteiger partial charge in [0.25, 0.3) is 5.91 Å². The minimum atomic E-state index is -0.301. The van der Waals surface area contributed by atoms with Gasteiger partial charge in [0, 0.05) is 19.5 Å². The number of hydrazone groups is 1. The first-order valence-corrected chi connectivity index (χ1v) is 10.0. The zero-order valence-electron chi connectivity index (χ0n) is 16.4. The van der Waals surface area contributed by atoms with Crippen molar-refractivity contribution in [1.29, 1.82) is 0 Å². The van der Waals surface area contributed by atoms with Gasteiger partial charge < -0.3 is 14.2 Å². The molecule has 8 heteroatoms. The van der Waals surface area contributed by atoms with Crippen molar-refractivity contribution in [3.8, 4) is 11.5 Å². The molecule has 1 unspecified atom stereocenters. The number of carbonyl (C=O) groups excluding carboxylic acids is 1. The Balaban J connectivity index is 1.43. The van der Waals surface area contributed by atoms with Crippen LogP contribution in [0.3, 0.4) is 0 Å². The van der Waals surface area contributed by atoms with E-state index in [-0.39, 0.29) is 31.1 Å². The van der Waals surface area contributed by atoms with Crippen molar-refractivity contribution in [2.45, 2.75) is 12.5 Å². The van der Waals surface area contributed by atoms with Crippen LogP contribution in [-0.4, -0.2) is 61.2 Å². The highest BCUT2D eigenvalue weighted by molar-refractivity contribution is 6.03. The predicted molar refractivity (Wildman–Crippen MR) is 107 cm³/mol. The Labute approximate surface area is 173 Å². The third-order valence-electron chi connectivity index (χ3n) is 5.59. The molecule has 0 radical (unpaired) electrons. The minimum absolute atomic E-state index is 0.0725. The van der Waals surface area contributed by atoms with Crippen LogP contribution in [0.1, 0.15) is 23.6 Å². The maximum absolute atomic E-state index is 13.4. The molecule has 1 fully saturated rings. The molecule has 5 rings (SSSR count). The summed E-state index contributed by atoms with van der Waals surface area (Å²) in [5, 5.41) is 6.21. The lowest BCUT2D eigenvalue weighted by molar-refractivity contribution is -0.135. The molecule has 2 aromatic carbocycles. The summed E-state index contributed by atoms with van der Waals surface area (Å²) in [5.74, 6) is 0.993. The van der Waals surface area contributed by atoms with Crippen molar-refractivity contribution in [3.63, 3.8) is 0 Å². The van der Waals surface area contributed by atoms with Crippen molar-refractivity contribution in [3.05, 3.63) is 59.4 Å². The minimum Gasteiger partial charge on any atom is -0.454 e. The first-order valence-electron chi connectivity index (χ1n) is 10.0. The van der Waals surface area contributed by atoms with Crippen molar-refractivity contribution in [2.75, 3.05) is 39.6 Å². The fourth-order valence-corrected chi connectivity index (χ4v) is 3.96. The summed E-state index contributed by atoms with van der Waals surface area (Å²) >= 11 is 0. The molecule has 2 aromatic rings. The van der Waals surface area contributed by atoms with E-state index in [2.05, 4.69) is 10.0 Å². The molecule has 1 atom stereocenters. The Morgan fingerprint density at radius 1 is 1.07 bits per heavy atom. The SMILES string of the molecule is O=C(CN1CCOCC1)N1N=C(c2ccc(F)cc2)CC1c1ccc2c(c1)OCO2. The molecule has 156 valence electrons. The van der Waals surface area contributed by atoms with Gasteiger partial charge in [-0.25, -0.2) is 9.40 Å². The Morgan fingerprint density at radius 2 is 1.83 bits per heavy atom. The Kier molecular flexibility index (Phi) is 5.10. The van der Waals surface area contributed by atoms with E-state index in [4.69, 9.17) is 14.2 Å². The summed E-state index contributed by atoms with van der Waals surface area (Å²) in [7, 11) is 0. The van der Waals surface area contributed by atoms with Crippen LogP contribution in [0.25, 0.3) is 0 Å². The molecule has 0 N–H and O–H groups in total. The number of hydrogen-bond acceptors (Lipinski definition) is 6. The summed E-state index contributed by atoms with van der Waals surface area (Å²) in [6.45, 7) is 3.18. The fourth-order valence-electron chi connectivity index (χ4n) is 3.96. The number of morpholine rings is 1. The number of fused-ring (bicyclic) bond motifs is 1. The van der Waals surface area contributed by atoms with Crippen LogP contribution in [-0.2, 0) is 9.53 Å². The lowest BCUT2D eigenvalue weighted by Crippen LogP contribution is -2.43. The third-order valence-corrected chi connectivity index (χ3v) is 5.59. The van der Waals surface area contributed by atoms with Crippen LogP contribution in [0, 0.1) is 5.82 Å². The number of rotatable bonds is 4. The molecule has 30 heavy (non-hydrogen) atoms. The summed E-state index contributed by atoms with van der Waals surface area (Å²) < 4.78 is 29.7. The molecule has 0 aromatic heterocycles. The molecule has 1 amide bonds. The Hall–Kier alpha value is -2.97. The van der Waals surface area contributed by atoms with E-state index >= 15 is 0 Å². The summed E-state index contributed by atoms with van der Waals surface area (Å²) in [6, 6.07) is 11.7. The molecule has 3 aliphatic rings. The van der Waals surface area contributed by atoms with Gasteiger partial charge in [-0.05, 0) is 35.4 Å². The molecule has 0 bridgehead atoms. The lowest BCUT2D eigenvalue weighted by atomic mass is 9.98. The van der Waals surface area contributed by atoms with Crippen LogP contribution in [0.15, 0.2) is 47.6 Å². The van der Waals surface area contributed by atoms with Gasteiger partial charge in [0.1, 0.15) is 5.82 Å². The van der Waals surface area contributed by atoms with Gasteiger partial charge in [0.2, 0.25) is 6.79 Å². The van der Waals surface area contributed by atoms with E-state index in [1.807, 2.05) is 18.2 Å². The molecule has 7 nitrogen and oxygen atoms in total. The van der Waals surface area contributed by atoms with Gasteiger partial charge in [-0.15, -0.1) is 0 Å². The number of ether oxygens (including phenoxy) is 3. The second kappa shape index (κ2) is 8.04. The number of hydrogen-bond donors (Lipinski definition) is 0. The number of nitrogens with zero attached hydrogens (tertiary/aromatic N) is 3. The molecular formula is C22H22FN3O4. The van der Waals surface area contributed by atoms with Gasteiger partial charge in [-0.2, -0.15) is 5.10 Å². The van der Waals surface area contributed by atoms with E-state index in [0.717, 1.165) is 29.9 Å². The number of halogens is 1. The molecule has 0 saturated carbocycles.